The second-order valence-electron chi connectivity index (χ2n) is 5.35. The molecule has 2 fully saturated rings. The summed E-state index contributed by atoms with van der Waals surface area (Å²) in [6, 6.07) is 8.11. The largest absolute Gasteiger partial charge is 0.457 e. The predicted octanol–water partition coefficient (Wildman–Crippen LogP) is 2.49. The van der Waals surface area contributed by atoms with Crippen molar-refractivity contribution in [3.8, 4) is 0 Å². The molecule has 2 aromatic rings. The number of fused-ring (bicyclic) bond motifs is 2. The number of thioether (sulfide) groups is 1. The molecule has 1 aromatic carbocycles. The molecule has 0 radical (unpaired) electrons. The number of hydrogen-bond donors (Lipinski definition) is 0. The summed E-state index contributed by atoms with van der Waals surface area (Å²) in [7, 11) is 0. The van der Waals surface area contributed by atoms with Gasteiger partial charge in [0.2, 0.25) is 0 Å². The number of thiazole rings is 1. The fraction of sp³-hybridized carbons (Fsp3) is 0.467. The van der Waals surface area contributed by atoms with Gasteiger partial charge in [0.15, 0.2) is 10.4 Å². The molecule has 2 saturated heterocycles. The first-order chi connectivity index (χ1) is 10.7. The van der Waals surface area contributed by atoms with Crippen LogP contribution >= 0.6 is 23.1 Å². The Morgan fingerprint density at radius 1 is 1.32 bits per heavy atom. The minimum Gasteiger partial charge on any atom is -0.457 e. The standard InChI is InChI=1S/C15H15NO4S2/c1-8(17)20-10-6-18-14-12(7-19-13(10)14)22-15-16-9-4-2-3-5-11(9)21-15/h2-5,10,12-14H,6-7H2,1H3/t10-,12-,13+,14+/m0/s1. The number of nitrogens with zero attached hydrogens (tertiary/aromatic N) is 1. The van der Waals surface area contributed by atoms with Crippen molar-refractivity contribution in [2.45, 2.75) is 34.8 Å². The van der Waals surface area contributed by atoms with Crippen LogP contribution in [0.1, 0.15) is 6.92 Å². The number of carbonyl (C=O) groups excluding carboxylic acids is 1. The Morgan fingerprint density at radius 3 is 2.95 bits per heavy atom. The highest BCUT2D eigenvalue weighted by atomic mass is 32.2. The summed E-state index contributed by atoms with van der Waals surface area (Å²) in [6.07, 6.45) is -0.486. The van der Waals surface area contributed by atoms with Crippen LogP contribution in [0.2, 0.25) is 0 Å². The van der Waals surface area contributed by atoms with Crippen LogP contribution in [-0.4, -0.2) is 47.7 Å². The lowest BCUT2D eigenvalue weighted by atomic mass is 10.1. The lowest BCUT2D eigenvalue weighted by Crippen LogP contribution is -2.33. The summed E-state index contributed by atoms with van der Waals surface area (Å²) in [5.41, 5.74) is 1.02. The quantitative estimate of drug-likeness (QED) is 0.802. The van der Waals surface area contributed by atoms with E-state index in [1.54, 1.807) is 23.1 Å². The molecule has 0 unspecified atom stereocenters. The summed E-state index contributed by atoms with van der Waals surface area (Å²) in [4.78, 5) is 15.8. The van der Waals surface area contributed by atoms with Crippen LogP contribution in [0, 0.1) is 0 Å². The van der Waals surface area contributed by atoms with Gasteiger partial charge in [0.1, 0.15) is 12.2 Å². The van der Waals surface area contributed by atoms with Crippen LogP contribution in [0.4, 0.5) is 0 Å². The molecule has 0 amide bonds. The Kier molecular flexibility index (Phi) is 3.81. The van der Waals surface area contributed by atoms with E-state index < -0.39 is 0 Å². The van der Waals surface area contributed by atoms with Crippen molar-refractivity contribution in [2.75, 3.05) is 13.2 Å². The Morgan fingerprint density at radius 2 is 2.14 bits per heavy atom. The van der Waals surface area contributed by atoms with E-state index in [2.05, 4.69) is 11.1 Å². The van der Waals surface area contributed by atoms with Gasteiger partial charge in [-0.3, -0.25) is 4.79 Å². The molecule has 5 nitrogen and oxygen atoms in total. The third kappa shape index (κ3) is 2.62. The molecule has 4 rings (SSSR count). The monoisotopic (exact) mass is 337 g/mol. The van der Waals surface area contributed by atoms with Crippen molar-refractivity contribution in [1.82, 2.24) is 4.98 Å². The Labute approximate surface area is 136 Å². The van der Waals surface area contributed by atoms with Gasteiger partial charge in [0.25, 0.3) is 0 Å². The maximum Gasteiger partial charge on any atom is 0.303 e. The van der Waals surface area contributed by atoms with Gasteiger partial charge in [-0.2, -0.15) is 0 Å². The minimum absolute atomic E-state index is 0.0404. The molecule has 116 valence electrons. The molecular weight excluding hydrogens is 322 g/mol. The Hall–Kier alpha value is -1.15. The number of ether oxygens (including phenoxy) is 3. The van der Waals surface area contributed by atoms with Crippen LogP contribution < -0.4 is 0 Å². The molecule has 7 heteroatoms. The smallest absolute Gasteiger partial charge is 0.303 e. The Balaban J connectivity index is 1.47. The fourth-order valence-electron chi connectivity index (χ4n) is 2.88. The lowest BCUT2D eigenvalue weighted by molar-refractivity contribution is -0.150. The van der Waals surface area contributed by atoms with Crippen LogP contribution in [0.15, 0.2) is 28.6 Å². The molecule has 0 aliphatic carbocycles. The number of para-hydroxylation sites is 1. The van der Waals surface area contributed by atoms with Crippen LogP contribution in [-0.2, 0) is 19.0 Å². The van der Waals surface area contributed by atoms with Crippen molar-refractivity contribution in [2.24, 2.45) is 0 Å². The molecule has 2 aliphatic heterocycles. The van der Waals surface area contributed by atoms with E-state index >= 15 is 0 Å². The number of rotatable bonds is 3. The molecule has 4 atom stereocenters. The summed E-state index contributed by atoms with van der Waals surface area (Å²) in [5.74, 6) is -0.292. The van der Waals surface area contributed by atoms with Crippen molar-refractivity contribution in [1.29, 1.82) is 0 Å². The van der Waals surface area contributed by atoms with E-state index in [4.69, 9.17) is 14.2 Å². The zero-order chi connectivity index (χ0) is 15.1. The maximum atomic E-state index is 11.1. The van der Waals surface area contributed by atoms with Gasteiger partial charge < -0.3 is 14.2 Å². The van der Waals surface area contributed by atoms with Crippen molar-refractivity contribution in [3.05, 3.63) is 24.3 Å². The molecule has 2 aliphatic rings. The average Bonchev–Trinajstić information content (AvgIpc) is 3.15. The van der Waals surface area contributed by atoms with E-state index in [1.807, 2.05) is 18.2 Å². The third-order valence-corrected chi connectivity index (χ3v) is 6.18. The van der Waals surface area contributed by atoms with E-state index in [-0.39, 0.29) is 29.5 Å². The summed E-state index contributed by atoms with van der Waals surface area (Å²) < 4.78 is 19.1. The van der Waals surface area contributed by atoms with Crippen LogP contribution in [0.5, 0.6) is 0 Å². The molecular formula is C15H15NO4S2. The third-order valence-electron chi connectivity index (χ3n) is 3.81. The van der Waals surface area contributed by atoms with Crippen LogP contribution in [0.25, 0.3) is 10.2 Å². The van der Waals surface area contributed by atoms with Crippen molar-refractivity contribution < 1.29 is 19.0 Å². The van der Waals surface area contributed by atoms with E-state index in [0.29, 0.717) is 13.2 Å². The van der Waals surface area contributed by atoms with Gasteiger partial charge in [-0.15, -0.1) is 11.3 Å². The average molecular weight is 337 g/mol. The normalized spacial score (nSPS) is 30.6. The lowest BCUT2D eigenvalue weighted by Gasteiger charge is -2.15. The van der Waals surface area contributed by atoms with Crippen molar-refractivity contribution >= 4 is 39.3 Å². The zero-order valence-corrected chi connectivity index (χ0v) is 13.6. The minimum atomic E-state index is -0.292. The van der Waals surface area contributed by atoms with E-state index in [1.165, 1.54) is 11.6 Å². The van der Waals surface area contributed by atoms with E-state index in [0.717, 1.165) is 9.86 Å². The van der Waals surface area contributed by atoms with Gasteiger partial charge in [0.05, 0.1) is 28.7 Å². The molecule has 0 bridgehead atoms. The fourth-order valence-corrected chi connectivity index (χ4v) is 5.33. The number of aromatic nitrogens is 1. The molecule has 0 spiro atoms. The number of benzene rings is 1. The topological polar surface area (TPSA) is 57.7 Å². The highest BCUT2D eigenvalue weighted by molar-refractivity contribution is 8.01. The SMILES string of the molecule is CC(=O)O[C@H]1CO[C@H]2[C@@H]1OC[C@@H]2Sc1nc2ccccc2s1. The predicted molar refractivity (Wildman–Crippen MR) is 84.3 cm³/mol. The van der Waals surface area contributed by atoms with Gasteiger partial charge in [-0.25, -0.2) is 4.98 Å². The maximum absolute atomic E-state index is 11.1. The van der Waals surface area contributed by atoms with Gasteiger partial charge in [-0.1, -0.05) is 23.9 Å². The van der Waals surface area contributed by atoms with Crippen LogP contribution in [0.3, 0.4) is 0 Å². The first-order valence-corrected chi connectivity index (χ1v) is 8.83. The number of hydrogen-bond acceptors (Lipinski definition) is 7. The molecule has 0 saturated carbocycles. The highest BCUT2D eigenvalue weighted by Gasteiger charge is 2.49. The van der Waals surface area contributed by atoms with Crippen molar-refractivity contribution in [3.63, 3.8) is 0 Å². The second-order valence-corrected chi connectivity index (χ2v) is 7.86. The molecule has 1 aromatic heterocycles. The molecule has 0 N–H and O–H groups in total. The van der Waals surface area contributed by atoms with Gasteiger partial charge >= 0.3 is 5.97 Å². The summed E-state index contributed by atoms with van der Waals surface area (Å²) in [6.45, 7) is 2.41. The first kappa shape index (κ1) is 14.4. The summed E-state index contributed by atoms with van der Waals surface area (Å²) in [5, 5.41) is 0.186. The Bertz CT molecular complexity index is 671. The van der Waals surface area contributed by atoms with Gasteiger partial charge in [0, 0.05) is 6.92 Å². The highest BCUT2D eigenvalue weighted by Crippen LogP contribution is 2.40. The number of esters is 1. The molecule has 3 heterocycles. The molecule has 22 heavy (non-hydrogen) atoms. The number of carbonyl (C=O) groups is 1. The first-order valence-electron chi connectivity index (χ1n) is 7.13. The second kappa shape index (κ2) is 5.81. The zero-order valence-electron chi connectivity index (χ0n) is 11.9. The van der Waals surface area contributed by atoms with E-state index in [9.17, 15) is 4.79 Å². The van der Waals surface area contributed by atoms with Gasteiger partial charge in [-0.05, 0) is 12.1 Å². The summed E-state index contributed by atoms with van der Waals surface area (Å²) >= 11 is 3.38.